The molecule has 1 radical (unpaired) electrons. The van der Waals surface area contributed by atoms with Gasteiger partial charge in [-0.25, -0.2) is 0 Å². The van der Waals surface area contributed by atoms with Gasteiger partial charge in [0.15, 0.2) is 0 Å². The number of rotatable bonds is 2. The number of hydrogen-bond acceptors (Lipinski definition) is 3. The molecule has 3 heteroatoms. The number of nitrogens with zero attached hydrogens (tertiary/aromatic N) is 1. The Morgan fingerprint density at radius 3 is 2.59 bits per heavy atom. The average molecular weight is 228 g/mol. The van der Waals surface area contributed by atoms with Crippen molar-refractivity contribution in [2.75, 3.05) is 31.2 Å². The van der Waals surface area contributed by atoms with E-state index in [1.165, 1.54) is 0 Å². The number of anilines is 1. The van der Waals surface area contributed by atoms with Crippen molar-refractivity contribution in [3.8, 4) is 11.1 Å². The van der Waals surface area contributed by atoms with Gasteiger partial charge in [-0.3, -0.25) is 0 Å². The molecule has 2 aromatic rings. The lowest BCUT2D eigenvalue weighted by Gasteiger charge is -2.25. The van der Waals surface area contributed by atoms with Crippen molar-refractivity contribution >= 4 is 5.88 Å². The molecule has 1 aromatic carbocycles. The molecular formula is C14H14NO2. The minimum Gasteiger partial charge on any atom is -0.447 e. The predicted octanol–water partition coefficient (Wildman–Crippen LogP) is 2.58. The van der Waals surface area contributed by atoms with Crippen molar-refractivity contribution in [1.29, 1.82) is 0 Å². The fourth-order valence-electron chi connectivity index (χ4n) is 1.97. The lowest BCUT2D eigenvalue weighted by Crippen LogP contribution is -2.35. The third kappa shape index (κ3) is 2.19. The highest BCUT2D eigenvalue weighted by Crippen LogP contribution is 2.26. The van der Waals surface area contributed by atoms with Crippen molar-refractivity contribution in [1.82, 2.24) is 0 Å². The molecular weight excluding hydrogens is 214 g/mol. The number of benzene rings is 1. The van der Waals surface area contributed by atoms with Crippen LogP contribution in [0.2, 0.25) is 0 Å². The van der Waals surface area contributed by atoms with Gasteiger partial charge in [0.05, 0.1) is 19.3 Å². The smallest absolute Gasteiger partial charge is 0.204 e. The minimum absolute atomic E-state index is 0.759. The summed E-state index contributed by atoms with van der Waals surface area (Å²) in [6.07, 6.45) is 1.76. The number of furan rings is 1. The summed E-state index contributed by atoms with van der Waals surface area (Å²) in [7, 11) is 0. The number of ether oxygens (including phenoxy) is 1. The Kier molecular flexibility index (Phi) is 2.84. The highest BCUT2D eigenvalue weighted by molar-refractivity contribution is 5.64. The van der Waals surface area contributed by atoms with Gasteiger partial charge in [-0.15, -0.1) is 0 Å². The maximum absolute atomic E-state index is 5.57. The lowest BCUT2D eigenvalue weighted by atomic mass is 10.1. The maximum atomic E-state index is 5.57. The van der Waals surface area contributed by atoms with Crippen LogP contribution < -0.4 is 4.90 Å². The van der Waals surface area contributed by atoms with E-state index in [2.05, 4.69) is 23.1 Å². The van der Waals surface area contributed by atoms with E-state index in [-0.39, 0.29) is 0 Å². The standard InChI is InChI=1S/C14H14NO2/c1-2-4-12(5-3-1)13-10-14(17-11-13)15-6-8-16-9-7-15/h1-5,11H,6-9H2. The highest BCUT2D eigenvalue weighted by Gasteiger charge is 2.15. The van der Waals surface area contributed by atoms with Crippen LogP contribution in [0.5, 0.6) is 0 Å². The first kappa shape index (κ1) is 10.4. The Labute approximate surface area is 101 Å². The summed E-state index contributed by atoms with van der Waals surface area (Å²) in [6, 6.07) is 13.5. The van der Waals surface area contributed by atoms with Crippen LogP contribution >= 0.6 is 0 Å². The first-order valence-electron chi connectivity index (χ1n) is 5.82. The fraction of sp³-hybridized carbons (Fsp3) is 0.286. The Balaban J connectivity index is 1.83. The van der Waals surface area contributed by atoms with E-state index in [4.69, 9.17) is 9.15 Å². The lowest BCUT2D eigenvalue weighted by molar-refractivity contribution is 0.120. The summed E-state index contributed by atoms with van der Waals surface area (Å²) in [6.45, 7) is 3.26. The average Bonchev–Trinajstić information content (AvgIpc) is 2.90. The fourth-order valence-corrected chi connectivity index (χ4v) is 1.97. The van der Waals surface area contributed by atoms with Gasteiger partial charge in [0, 0.05) is 18.7 Å². The van der Waals surface area contributed by atoms with Crippen molar-refractivity contribution < 1.29 is 9.15 Å². The van der Waals surface area contributed by atoms with Crippen molar-refractivity contribution in [3.05, 3.63) is 42.7 Å². The van der Waals surface area contributed by atoms with Crippen LogP contribution in [-0.4, -0.2) is 26.3 Å². The van der Waals surface area contributed by atoms with Gasteiger partial charge in [-0.1, -0.05) is 30.3 Å². The van der Waals surface area contributed by atoms with Gasteiger partial charge in [-0.2, -0.15) is 0 Å². The quantitative estimate of drug-likeness (QED) is 0.790. The number of hydrogen-bond donors (Lipinski definition) is 0. The van der Waals surface area contributed by atoms with Crippen molar-refractivity contribution in [2.24, 2.45) is 0 Å². The van der Waals surface area contributed by atoms with E-state index in [9.17, 15) is 0 Å². The molecule has 1 aromatic heterocycles. The molecule has 1 fully saturated rings. The second-order valence-electron chi connectivity index (χ2n) is 4.04. The molecule has 0 spiro atoms. The number of morpholine rings is 1. The third-order valence-electron chi connectivity index (χ3n) is 2.91. The topological polar surface area (TPSA) is 25.6 Å². The molecule has 0 N–H and O–H groups in total. The minimum atomic E-state index is 0.759. The van der Waals surface area contributed by atoms with Crippen LogP contribution in [0.1, 0.15) is 0 Å². The van der Waals surface area contributed by atoms with E-state index in [1.807, 2.05) is 18.2 Å². The molecule has 17 heavy (non-hydrogen) atoms. The van der Waals surface area contributed by atoms with Crippen LogP contribution in [0, 0.1) is 6.07 Å². The Bertz CT molecular complexity index is 472. The third-order valence-corrected chi connectivity index (χ3v) is 2.91. The van der Waals surface area contributed by atoms with Crippen LogP contribution in [0.15, 0.2) is 41.0 Å². The van der Waals surface area contributed by atoms with Crippen molar-refractivity contribution in [2.45, 2.75) is 0 Å². The zero-order valence-electron chi connectivity index (χ0n) is 9.56. The summed E-state index contributed by atoms with van der Waals surface area (Å²) < 4.78 is 10.9. The summed E-state index contributed by atoms with van der Waals surface area (Å²) in [5.41, 5.74) is 2.14. The van der Waals surface area contributed by atoms with Gasteiger partial charge in [-0.05, 0) is 5.56 Å². The van der Waals surface area contributed by atoms with Crippen LogP contribution in [0.25, 0.3) is 11.1 Å². The molecule has 0 bridgehead atoms. The molecule has 0 unspecified atom stereocenters. The molecule has 1 saturated heterocycles. The van der Waals surface area contributed by atoms with Gasteiger partial charge < -0.3 is 14.1 Å². The zero-order valence-corrected chi connectivity index (χ0v) is 9.56. The monoisotopic (exact) mass is 228 g/mol. The van der Waals surface area contributed by atoms with Crippen molar-refractivity contribution in [3.63, 3.8) is 0 Å². The second kappa shape index (κ2) is 4.63. The van der Waals surface area contributed by atoms with E-state index in [0.29, 0.717) is 0 Å². The van der Waals surface area contributed by atoms with E-state index in [0.717, 1.165) is 43.3 Å². The molecule has 1 aliphatic rings. The molecule has 2 heterocycles. The zero-order chi connectivity index (χ0) is 11.5. The van der Waals surface area contributed by atoms with Gasteiger partial charge in [0.2, 0.25) is 5.88 Å². The van der Waals surface area contributed by atoms with Crippen LogP contribution in [-0.2, 0) is 4.74 Å². The Morgan fingerprint density at radius 1 is 1.06 bits per heavy atom. The second-order valence-corrected chi connectivity index (χ2v) is 4.04. The highest BCUT2D eigenvalue weighted by atomic mass is 16.5. The Morgan fingerprint density at radius 2 is 1.82 bits per heavy atom. The van der Waals surface area contributed by atoms with Crippen LogP contribution in [0.4, 0.5) is 5.88 Å². The normalized spacial score (nSPS) is 16.1. The first-order chi connectivity index (χ1) is 8.43. The molecule has 3 nitrogen and oxygen atoms in total. The van der Waals surface area contributed by atoms with Gasteiger partial charge in [0.1, 0.15) is 6.26 Å². The largest absolute Gasteiger partial charge is 0.447 e. The maximum Gasteiger partial charge on any atom is 0.204 e. The Hall–Kier alpha value is -1.74. The molecule has 0 atom stereocenters. The van der Waals surface area contributed by atoms with Gasteiger partial charge in [0.25, 0.3) is 0 Å². The van der Waals surface area contributed by atoms with Crippen LogP contribution in [0.3, 0.4) is 0 Å². The summed E-state index contributed by atoms with van der Waals surface area (Å²) in [4.78, 5) is 2.16. The van der Waals surface area contributed by atoms with E-state index >= 15 is 0 Å². The summed E-state index contributed by atoms with van der Waals surface area (Å²) in [5.74, 6) is 0.812. The molecule has 1 aliphatic heterocycles. The molecule has 0 aliphatic carbocycles. The van der Waals surface area contributed by atoms with E-state index < -0.39 is 0 Å². The molecule has 0 amide bonds. The first-order valence-corrected chi connectivity index (χ1v) is 5.82. The molecule has 0 saturated carbocycles. The summed E-state index contributed by atoms with van der Waals surface area (Å²) in [5, 5.41) is 0. The van der Waals surface area contributed by atoms with E-state index in [1.54, 1.807) is 6.26 Å². The SMILES string of the molecule is [c]1c(-c2ccccc2)coc1N1CCOCC1. The molecule has 87 valence electrons. The predicted molar refractivity (Wildman–Crippen MR) is 66.0 cm³/mol. The van der Waals surface area contributed by atoms with Gasteiger partial charge >= 0.3 is 0 Å². The molecule has 3 rings (SSSR count). The summed E-state index contributed by atoms with van der Waals surface area (Å²) >= 11 is 0.